The molecule has 0 saturated heterocycles. The van der Waals surface area contributed by atoms with E-state index in [4.69, 9.17) is 14.2 Å². The standard InChI is InChI=1S/C22H23N3O4/c1-2-19-18(13-24-25(19)14-16-6-4-3-5-7-16)22(26)23-10-11-27-17-8-9-20-21(12-17)29-15-28-20/h3-9,12-13H,2,10-11,14-15H2,1H3,(H,23,26). The average Bonchev–Trinajstić information content (AvgIpc) is 3.38. The van der Waals surface area contributed by atoms with Crippen LogP contribution in [0.3, 0.4) is 0 Å². The number of nitrogens with one attached hydrogen (secondary N) is 1. The van der Waals surface area contributed by atoms with E-state index in [1.807, 2.05) is 54.1 Å². The number of ether oxygens (including phenoxy) is 3. The fourth-order valence-corrected chi connectivity index (χ4v) is 3.26. The van der Waals surface area contributed by atoms with Crippen molar-refractivity contribution in [2.24, 2.45) is 0 Å². The van der Waals surface area contributed by atoms with E-state index in [9.17, 15) is 4.79 Å². The van der Waals surface area contributed by atoms with E-state index in [1.165, 1.54) is 0 Å². The van der Waals surface area contributed by atoms with Crippen LogP contribution in [0.4, 0.5) is 0 Å². The molecule has 0 bridgehead atoms. The van der Waals surface area contributed by atoms with E-state index in [0.717, 1.165) is 17.7 Å². The van der Waals surface area contributed by atoms with Gasteiger partial charge in [-0.05, 0) is 24.1 Å². The van der Waals surface area contributed by atoms with E-state index in [1.54, 1.807) is 12.3 Å². The van der Waals surface area contributed by atoms with Crippen LogP contribution in [0.2, 0.25) is 0 Å². The van der Waals surface area contributed by atoms with E-state index in [0.29, 0.717) is 42.5 Å². The first kappa shape index (κ1) is 18.9. The maximum Gasteiger partial charge on any atom is 0.254 e. The second-order valence-corrected chi connectivity index (χ2v) is 6.62. The lowest BCUT2D eigenvalue weighted by atomic mass is 10.1. The fraction of sp³-hybridized carbons (Fsp3) is 0.273. The molecule has 7 nitrogen and oxygen atoms in total. The summed E-state index contributed by atoms with van der Waals surface area (Å²) in [7, 11) is 0. The molecule has 0 atom stereocenters. The van der Waals surface area contributed by atoms with Crippen LogP contribution >= 0.6 is 0 Å². The molecule has 0 saturated carbocycles. The van der Waals surface area contributed by atoms with E-state index in [-0.39, 0.29) is 12.7 Å². The van der Waals surface area contributed by atoms with Crippen molar-refractivity contribution >= 4 is 5.91 Å². The van der Waals surface area contributed by atoms with Crippen LogP contribution in [0, 0.1) is 0 Å². The fourth-order valence-electron chi connectivity index (χ4n) is 3.26. The van der Waals surface area contributed by atoms with E-state index in [2.05, 4.69) is 10.4 Å². The van der Waals surface area contributed by atoms with Crippen molar-refractivity contribution in [3.8, 4) is 17.2 Å². The zero-order chi connectivity index (χ0) is 20.1. The van der Waals surface area contributed by atoms with Crippen LogP contribution < -0.4 is 19.5 Å². The third kappa shape index (κ3) is 4.34. The Kier molecular flexibility index (Phi) is 5.65. The van der Waals surface area contributed by atoms with Crippen molar-refractivity contribution < 1.29 is 19.0 Å². The molecule has 0 fully saturated rings. The molecule has 1 aliphatic rings. The van der Waals surface area contributed by atoms with Gasteiger partial charge in [-0.15, -0.1) is 0 Å². The molecule has 2 heterocycles. The molecule has 0 radical (unpaired) electrons. The molecular weight excluding hydrogens is 370 g/mol. The van der Waals surface area contributed by atoms with Gasteiger partial charge in [-0.25, -0.2) is 0 Å². The Labute approximate surface area is 169 Å². The van der Waals surface area contributed by atoms with Crippen LogP contribution in [-0.4, -0.2) is 35.6 Å². The third-order valence-electron chi connectivity index (χ3n) is 4.70. The maximum atomic E-state index is 12.6. The Morgan fingerprint density at radius 3 is 2.83 bits per heavy atom. The van der Waals surface area contributed by atoms with Crippen LogP contribution in [0.25, 0.3) is 0 Å². The highest BCUT2D eigenvalue weighted by atomic mass is 16.7. The highest BCUT2D eigenvalue weighted by Gasteiger charge is 2.17. The lowest BCUT2D eigenvalue weighted by Gasteiger charge is -2.10. The molecular formula is C22H23N3O4. The highest BCUT2D eigenvalue weighted by molar-refractivity contribution is 5.95. The highest BCUT2D eigenvalue weighted by Crippen LogP contribution is 2.34. The summed E-state index contributed by atoms with van der Waals surface area (Å²) in [5, 5.41) is 7.31. The van der Waals surface area contributed by atoms with Crippen molar-refractivity contribution in [3.05, 3.63) is 71.5 Å². The summed E-state index contributed by atoms with van der Waals surface area (Å²) in [5.41, 5.74) is 2.67. The summed E-state index contributed by atoms with van der Waals surface area (Å²) in [6.07, 6.45) is 2.36. The Morgan fingerprint density at radius 2 is 2.00 bits per heavy atom. The first-order chi connectivity index (χ1) is 14.2. The van der Waals surface area contributed by atoms with Gasteiger partial charge in [0.05, 0.1) is 30.5 Å². The molecule has 150 valence electrons. The van der Waals surface area contributed by atoms with Crippen LogP contribution in [-0.2, 0) is 13.0 Å². The van der Waals surface area contributed by atoms with Crippen molar-refractivity contribution in [1.82, 2.24) is 15.1 Å². The molecule has 0 unspecified atom stereocenters. The number of aromatic nitrogens is 2. The summed E-state index contributed by atoms with van der Waals surface area (Å²) in [4.78, 5) is 12.6. The molecule has 4 rings (SSSR count). The van der Waals surface area contributed by atoms with Crippen LogP contribution in [0.1, 0.15) is 28.5 Å². The number of hydrogen-bond donors (Lipinski definition) is 1. The number of hydrogen-bond acceptors (Lipinski definition) is 5. The van der Waals surface area contributed by atoms with Gasteiger partial charge in [0.15, 0.2) is 11.5 Å². The maximum absolute atomic E-state index is 12.6. The quantitative estimate of drug-likeness (QED) is 0.596. The van der Waals surface area contributed by atoms with Crippen molar-refractivity contribution in [2.45, 2.75) is 19.9 Å². The first-order valence-electron chi connectivity index (χ1n) is 9.64. The molecule has 3 aromatic rings. The Bertz CT molecular complexity index is 985. The van der Waals surface area contributed by atoms with Gasteiger partial charge in [-0.1, -0.05) is 37.3 Å². The number of fused-ring (bicyclic) bond motifs is 1. The minimum atomic E-state index is -0.143. The second kappa shape index (κ2) is 8.68. The number of carbonyl (C=O) groups excluding carboxylic acids is 1. The average molecular weight is 393 g/mol. The van der Waals surface area contributed by atoms with Gasteiger partial charge in [-0.3, -0.25) is 9.48 Å². The number of nitrogens with zero attached hydrogens (tertiary/aromatic N) is 2. The van der Waals surface area contributed by atoms with E-state index >= 15 is 0 Å². The lowest BCUT2D eigenvalue weighted by molar-refractivity contribution is 0.0946. The predicted octanol–water partition coefficient (Wildman–Crippen LogP) is 3.03. The predicted molar refractivity (Wildman–Crippen MR) is 108 cm³/mol. The van der Waals surface area contributed by atoms with Gasteiger partial charge in [0.2, 0.25) is 6.79 Å². The Balaban J connectivity index is 1.31. The van der Waals surface area contributed by atoms with Gasteiger partial charge in [0.1, 0.15) is 12.4 Å². The molecule has 1 aliphatic heterocycles. The van der Waals surface area contributed by atoms with Crippen LogP contribution in [0.15, 0.2) is 54.7 Å². The largest absolute Gasteiger partial charge is 0.492 e. The van der Waals surface area contributed by atoms with Gasteiger partial charge < -0.3 is 19.5 Å². The molecule has 1 N–H and O–H groups in total. The lowest BCUT2D eigenvalue weighted by Crippen LogP contribution is -2.28. The topological polar surface area (TPSA) is 74.6 Å². The van der Waals surface area contributed by atoms with Crippen LogP contribution in [0.5, 0.6) is 17.2 Å². The van der Waals surface area contributed by atoms with Gasteiger partial charge in [-0.2, -0.15) is 5.10 Å². The van der Waals surface area contributed by atoms with Crippen molar-refractivity contribution in [1.29, 1.82) is 0 Å². The molecule has 2 aromatic carbocycles. The molecule has 7 heteroatoms. The van der Waals surface area contributed by atoms with Gasteiger partial charge >= 0.3 is 0 Å². The molecule has 0 spiro atoms. The zero-order valence-electron chi connectivity index (χ0n) is 16.3. The Morgan fingerprint density at radius 1 is 1.17 bits per heavy atom. The normalized spacial score (nSPS) is 12.0. The number of rotatable bonds is 8. The second-order valence-electron chi connectivity index (χ2n) is 6.62. The minimum Gasteiger partial charge on any atom is -0.492 e. The molecule has 1 aromatic heterocycles. The number of benzene rings is 2. The summed E-state index contributed by atoms with van der Waals surface area (Å²) in [5.74, 6) is 1.92. The smallest absolute Gasteiger partial charge is 0.254 e. The zero-order valence-corrected chi connectivity index (χ0v) is 16.3. The van der Waals surface area contributed by atoms with Gasteiger partial charge in [0.25, 0.3) is 5.91 Å². The summed E-state index contributed by atoms with van der Waals surface area (Å²) in [6, 6.07) is 15.5. The molecule has 29 heavy (non-hydrogen) atoms. The number of carbonyl (C=O) groups is 1. The Hall–Kier alpha value is -3.48. The van der Waals surface area contributed by atoms with Gasteiger partial charge in [0, 0.05) is 6.07 Å². The minimum absolute atomic E-state index is 0.143. The SMILES string of the molecule is CCc1c(C(=O)NCCOc2ccc3c(c2)OCO3)cnn1Cc1ccccc1. The molecule has 1 amide bonds. The third-order valence-corrected chi connectivity index (χ3v) is 4.70. The summed E-state index contributed by atoms with van der Waals surface area (Å²) in [6.45, 7) is 3.64. The first-order valence-corrected chi connectivity index (χ1v) is 9.64. The molecule has 0 aliphatic carbocycles. The van der Waals surface area contributed by atoms with E-state index < -0.39 is 0 Å². The summed E-state index contributed by atoms with van der Waals surface area (Å²) >= 11 is 0. The van der Waals surface area contributed by atoms with Crippen molar-refractivity contribution in [3.63, 3.8) is 0 Å². The number of amides is 1. The monoisotopic (exact) mass is 393 g/mol. The summed E-state index contributed by atoms with van der Waals surface area (Å²) < 4.78 is 18.2. The van der Waals surface area contributed by atoms with Crippen molar-refractivity contribution in [2.75, 3.05) is 19.9 Å².